The zero-order valence-corrected chi connectivity index (χ0v) is 19.1. The van der Waals surface area contributed by atoms with Crippen molar-refractivity contribution < 1.29 is 0 Å². The standard InChI is InChI=1S/C24H37N5/c1-21(2,25)13-9-11-15(23(5,6)27)19-17(13)18-14(22(3,4)26)10-12-16(20(18)29-19)24(7,8)28/h9-12,29H,25-28H2,1-8H3. The number of aromatic nitrogens is 1. The molecule has 1 aromatic heterocycles. The summed E-state index contributed by atoms with van der Waals surface area (Å²) in [5.41, 5.74) is 30.4. The minimum Gasteiger partial charge on any atom is -0.354 e. The summed E-state index contributed by atoms with van der Waals surface area (Å²) in [6.07, 6.45) is 0. The third-order valence-corrected chi connectivity index (χ3v) is 5.69. The number of rotatable bonds is 4. The Balaban J connectivity index is 2.70. The van der Waals surface area contributed by atoms with Gasteiger partial charge in [0.15, 0.2) is 0 Å². The van der Waals surface area contributed by atoms with Crippen LogP contribution in [0.1, 0.15) is 77.6 Å². The molecule has 0 saturated heterocycles. The minimum absolute atomic E-state index is 0.521. The Morgan fingerprint density at radius 3 is 0.966 bits per heavy atom. The Hall–Kier alpha value is -1.92. The molecule has 5 nitrogen and oxygen atoms in total. The molecule has 0 aliphatic rings. The molecule has 0 atom stereocenters. The molecule has 0 unspecified atom stereocenters. The lowest BCUT2D eigenvalue weighted by Gasteiger charge is -2.27. The fourth-order valence-electron chi connectivity index (χ4n) is 4.26. The predicted octanol–water partition coefficient (Wildman–Crippen LogP) is 4.10. The number of nitrogens with two attached hydrogens (primary N) is 4. The maximum Gasteiger partial charge on any atom is 0.0519 e. The first-order valence-corrected chi connectivity index (χ1v) is 10.2. The second kappa shape index (κ2) is 6.29. The third kappa shape index (κ3) is 3.68. The van der Waals surface area contributed by atoms with E-state index in [2.05, 4.69) is 29.2 Å². The van der Waals surface area contributed by atoms with Crippen LogP contribution in [0.5, 0.6) is 0 Å². The van der Waals surface area contributed by atoms with Gasteiger partial charge in [-0.25, -0.2) is 0 Å². The molecule has 3 aromatic rings. The quantitative estimate of drug-likeness (QED) is 0.457. The summed E-state index contributed by atoms with van der Waals surface area (Å²) in [7, 11) is 0. The predicted molar refractivity (Wildman–Crippen MR) is 125 cm³/mol. The normalized spacial score (nSPS) is 14.2. The first-order chi connectivity index (χ1) is 12.9. The van der Waals surface area contributed by atoms with Crippen molar-refractivity contribution in [2.24, 2.45) is 22.9 Å². The molecule has 0 radical (unpaired) electrons. The van der Waals surface area contributed by atoms with Crippen LogP contribution in [0.4, 0.5) is 0 Å². The summed E-state index contributed by atoms with van der Waals surface area (Å²) in [6.45, 7) is 16.2. The van der Waals surface area contributed by atoms with E-state index in [0.717, 1.165) is 44.1 Å². The van der Waals surface area contributed by atoms with E-state index < -0.39 is 22.2 Å². The topological polar surface area (TPSA) is 120 Å². The van der Waals surface area contributed by atoms with Crippen molar-refractivity contribution in [3.63, 3.8) is 0 Å². The third-order valence-electron chi connectivity index (χ3n) is 5.69. The van der Waals surface area contributed by atoms with Crippen LogP contribution in [-0.2, 0) is 22.2 Å². The molecule has 1 heterocycles. The summed E-state index contributed by atoms with van der Waals surface area (Å²) in [6, 6.07) is 8.38. The van der Waals surface area contributed by atoms with Crippen LogP contribution < -0.4 is 22.9 Å². The monoisotopic (exact) mass is 395 g/mol. The number of nitrogens with one attached hydrogen (secondary N) is 1. The summed E-state index contributed by atoms with van der Waals surface area (Å²) < 4.78 is 0. The zero-order valence-electron chi connectivity index (χ0n) is 19.1. The van der Waals surface area contributed by atoms with Gasteiger partial charge in [-0.05, 0) is 77.6 Å². The molecule has 158 valence electrons. The zero-order chi connectivity index (χ0) is 22.2. The van der Waals surface area contributed by atoms with Gasteiger partial charge >= 0.3 is 0 Å². The molecule has 2 aromatic carbocycles. The highest BCUT2D eigenvalue weighted by Crippen LogP contribution is 2.43. The van der Waals surface area contributed by atoms with Crippen molar-refractivity contribution in [3.8, 4) is 0 Å². The highest BCUT2D eigenvalue weighted by atomic mass is 14.8. The van der Waals surface area contributed by atoms with Gasteiger partial charge in [-0.2, -0.15) is 0 Å². The van der Waals surface area contributed by atoms with Crippen molar-refractivity contribution in [1.82, 2.24) is 4.98 Å². The van der Waals surface area contributed by atoms with Gasteiger partial charge in [0.05, 0.1) is 11.0 Å². The molecule has 0 spiro atoms. The molecule has 29 heavy (non-hydrogen) atoms. The van der Waals surface area contributed by atoms with Gasteiger partial charge in [-0.15, -0.1) is 0 Å². The molecule has 0 saturated carbocycles. The summed E-state index contributed by atoms with van der Waals surface area (Å²) in [4.78, 5) is 3.68. The lowest BCUT2D eigenvalue weighted by molar-refractivity contribution is 0.548. The molecule has 0 fully saturated rings. The van der Waals surface area contributed by atoms with E-state index in [1.165, 1.54) is 0 Å². The Kier molecular flexibility index (Phi) is 4.72. The molecule has 0 amide bonds. The SMILES string of the molecule is CC(C)(N)c1ccc(C(C)(C)N)c2c1[nH]c1c(C(C)(C)N)ccc(C(C)(C)N)c12. The van der Waals surface area contributed by atoms with E-state index in [1.54, 1.807) is 0 Å². The lowest BCUT2D eigenvalue weighted by Crippen LogP contribution is -2.32. The number of H-pyrrole nitrogens is 1. The molecule has 0 bridgehead atoms. The molecule has 9 N–H and O–H groups in total. The van der Waals surface area contributed by atoms with Gasteiger partial charge < -0.3 is 27.9 Å². The van der Waals surface area contributed by atoms with Gasteiger partial charge in [-0.1, -0.05) is 24.3 Å². The van der Waals surface area contributed by atoms with E-state index in [1.807, 2.05) is 55.4 Å². The Bertz CT molecular complexity index is 991. The first kappa shape index (κ1) is 21.8. The van der Waals surface area contributed by atoms with Crippen molar-refractivity contribution in [1.29, 1.82) is 0 Å². The fourth-order valence-corrected chi connectivity index (χ4v) is 4.26. The van der Waals surface area contributed by atoms with Crippen molar-refractivity contribution in [2.45, 2.75) is 77.5 Å². The van der Waals surface area contributed by atoms with E-state index in [9.17, 15) is 0 Å². The number of aromatic amines is 1. The molecular formula is C24H37N5. The van der Waals surface area contributed by atoms with E-state index >= 15 is 0 Å². The Labute approximate surface area is 174 Å². The van der Waals surface area contributed by atoms with Gasteiger partial charge in [0.25, 0.3) is 0 Å². The van der Waals surface area contributed by atoms with Crippen molar-refractivity contribution in [3.05, 3.63) is 46.5 Å². The second-order valence-corrected chi connectivity index (χ2v) is 10.8. The molecule has 5 heteroatoms. The van der Waals surface area contributed by atoms with Gasteiger partial charge in [0.2, 0.25) is 0 Å². The maximum atomic E-state index is 6.61. The highest BCUT2D eigenvalue weighted by molar-refractivity contribution is 6.13. The van der Waals surface area contributed by atoms with Crippen LogP contribution in [0.25, 0.3) is 21.8 Å². The molecule has 0 aliphatic carbocycles. The molecule has 3 rings (SSSR count). The first-order valence-electron chi connectivity index (χ1n) is 10.2. The summed E-state index contributed by atoms with van der Waals surface area (Å²) in [5.74, 6) is 0. The maximum absolute atomic E-state index is 6.61. The van der Waals surface area contributed by atoms with Crippen molar-refractivity contribution in [2.75, 3.05) is 0 Å². The van der Waals surface area contributed by atoms with E-state index in [0.29, 0.717) is 0 Å². The Morgan fingerprint density at radius 1 is 0.483 bits per heavy atom. The van der Waals surface area contributed by atoms with Crippen LogP contribution in [0, 0.1) is 0 Å². The van der Waals surface area contributed by atoms with Crippen LogP contribution in [0.3, 0.4) is 0 Å². The van der Waals surface area contributed by atoms with Crippen LogP contribution in [-0.4, -0.2) is 4.98 Å². The fraction of sp³-hybridized carbons (Fsp3) is 0.500. The lowest BCUT2D eigenvalue weighted by atomic mass is 9.82. The van der Waals surface area contributed by atoms with Crippen LogP contribution in [0.2, 0.25) is 0 Å². The van der Waals surface area contributed by atoms with E-state index in [-0.39, 0.29) is 0 Å². The number of fused-ring (bicyclic) bond motifs is 3. The Morgan fingerprint density at radius 2 is 0.724 bits per heavy atom. The highest BCUT2D eigenvalue weighted by Gasteiger charge is 2.31. The summed E-state index contributed by atoms with van der Waals surface area (Å²) >= 11 is 0. The van der Waals surface area contributed by atoms with E-state index in [4.69, 9.17) is 22.9 Å². The minimum atomic E-state index is -0.533. The van der Waals surface area contributed by atoms with Crippen LogP contribution >= 0.6 is 0 Å². The smallest absolute Gasteiger partial charge is 0.0519 e. The van der Waals surface area contributed by atoms with Gasteiger partial charge in [0, 0.05) is 32.9 Å². The van der Waals surface area contributed by atoms with Crippen molar-refractivity contribution >= 4 is 21.8 Å². The number of hydrogen-bond acceptors (Lipinski definition) is 4. The van der Waals surface area contributed by atoms with Gasteiger partial charge in [-0.3, -0.25) is 0 Å². The number of benzene rings is 2. The van der Waals surface area contributed by atoms with Crippen LogP contribution in [0.15, 0.2) is 24.3 Å². The summed E-state index contributed by atoms with van der Waals surface area (Å²) in [5, 5.41) is 2.17. The average molecular weight is 396 g/mol. The van der Waals surface area contributed by atoms with Gasteiger partial charge in [0.1, 0.15) is 0 Å². The number of hydrogen-bond donors (Lipinski definition) is 5. The largest absolute Gasteiger partial charge is 0.354 e. The molecule has 0 aliphatic heterocycles. The average Bonchev–Trinajstić information content (AvgIpc) is 2.88. The molecular weight excluding hydrogens is 358 g/mol. The second-order valence-electron chi connectivity index (χ2n) is 10.8.